The molecule has 0 spiro atoms. The molecular weight excluding hydrogens is 249 g/mol. The molecule has 0 unspecified atom stereocenters. The van der Waals surface area contributed by atoms with E-state index in [1.165, 1.54) is 13.0 Å². The molecule has 0 atom stereocenters. The third-order valence-electron chi connectivity index (χ3n) is 1.70. The molecule has 76 valence electrons. The lowest BCUT2D eigenvalue weighted by Gasteiger charge is -2.04. The Morgan fingerprint density at radius 3 is 2.93 bits per heavy atom. The Morgan fingerprint density at radius 1 is 1.57 bits per heavy atom. The number of ketones is 1. The van der Waals surface area contributed by atoms with Crippen molar-refractivity contribution in [1.82, 2.24) is 5.32 Å². The average molecular weight is 260 g/mol. The first-order chi connectivity index (χ1) is 6.59. The molecule has 0 aromatic heterocycles. The number of hydrogen-bond acceptors (Lipinski definition) is 2. The molecule has 2 nitrogen and oxygen atoms in total. The van der Waals surface area contributed by atoms with Crippen molar-refractivity contribution < 1.29 is 9.18 Å². The van der Waals surface area contributed by atoms with Gasteiger partial charge in [-0.05, 0) is 25.1 Å². The Labute approximate surface area is 90.6 Å². The van der Waals surface area contributed by atoms with Crippen LogP contribution in [0.3, 0.4) is 0 Å². The molecule has 0 bridgehead atoms. The molecule has 0 heterocycles. The van der Waals surface area contributed by atoms with E-state index in [-0.39, 0.29) is 18.1 Å². The monoisotopic (exact) mass is 259 g/mol. The normalized spacial score (nSPS) is 10.2. The summed E-state index contributed by atoms with van der Waals surface area (Å²) < 4.78 is 14.0. The van der Waals surface area contributed by atoms with Crippen LogP contribution in [0, 0.1) is 5.82 Å². The van der Waals surface area contributed by atoms with Crippen LogP contribution in [0.2, 0.25) is 0 Å². The van der Waals surface area contributed by atoms with E-state index in [1.807, 2.05) is 0 Å². The third kappa shape index (κ3) is 3.55. The minimum Gasteiger partial charge on any atom is -0.306 e. The minimum absolute atomic E-state index is 0.0420. The second-order valence-corrected chi connectivity index (χ2v) is 3.96. The molecule has 1 N–H and O–H groups in total. The molecule has 14 heavy (non-hydrogen) atoms. The Kier molecular flexibility index (Phi) is 4.22. The van der Waals surface area contributed by atoms with Crippen LogP contribution in [0.5, 0.6) is 0 Å². The quantitative estimate of drug-likeness (QED) is 0.899. The maximum atomic E-state index is 13.1. The molecule has 0 amide bonds. The van der Waals surface area contributed by atoms with Gasteiger partial charge >= 0.3 is 0 Å². The van der Waals surface area contributed by atoms with Crippen LogP contribution >= 0.6 is 15.9 Å². The second-order valence-electron chi connectivity index (χ2n) is 3.04. The summed E-state index contributed by atoms with van der Waals surface area (Å²) in [5, 5.41) is 2.86. The van der Waals surface area contributed by atoms with Crippen molar-refractivity contribution in [1.29, 1.82) is 0 Å². The van der Waals surface area contributed by atoms with E-state index in [4.69, 9.17) is 0 Å². The summed E-state index contributed by atoms with van der Waals surface area (Å²) >= 11 is 3.26. The lowest BCUT2D eigenvalue weighted by atomic mass is 10.2. The first-order valence-corrected chi connectivity index (χ1v) is 5.03. The van der Waals surface area contributed by atoms with Crippen LogP contribution in [-0.4, -0.2) is 12.3 Å². The van der Waals surface area contributed by atoms with E-state index < -0.39 is 0 Å². The van der Waals surface area contributed by atoms with E-state index in [9.17, 15) is 9.18 Å². The summed E-state index contributed by atoms with van der Waals surface area (Å²) in [5.41, 5.74) is 0.556. The summed E-state index contributed by atoms with van der Waals surface area (Å²) in [6, 6.07) is 4.74. The first-order valence-electron chi connectivity index (χ1n) is 4.23. The number of hydrogen-bond donors (Lipinski definition) is 1. The van der Waals surface area contributed by atoms with Crippen LogP contribution in [-0.2, 0) is 11.3 Å². The average Bonchev–Trinajstić information content (AvgIpc) is 2.10. The van der Waals surface area contributed by atoms with Crippen LogP contribution in [0.15, 0.2) is 22.7 Å². The fourth-order valence-corrected chi connectivity index (χ4v) is 1.46. The number of Topliss-reactive ketones (excluding diaryl/α,β-unsaturated/α-hetero) is 1. The van der Waals surface area contributed by atoms with Crippen molar-refractivity contribution in [2.24, 2.45) is 0 Å². The second kappa shape index (κ2) is 5.22. The maximum absolute atomic E-state index is 13.1. The zero-order valence-corrected chi connectivity index (χ0v) is 9.40. The molecule has 0 aliphatic rings. The van der Waals surface area contributed by atoms with Gasteiger partial charge in [0.05, 0.1) is 6.54 Å². The topological polar surface area (TPSA) is 29.1 Å². The standard InChI is InChI=1S/C10H11BrFNO/c1-7(14)5-13-6-8-4-9(11)2-3-10(8)12/h2-4,13H,5-6H2,1H3. The van der Waals surface area contributed by atoms with Crippen LogP contribution in [0.4, 0.5) is 4.39 Å². The number of halogens is 2. The molecule has 0 saturated carbocycles. The van der Waals surface area contributed by atoms with Gasteiger partial charge in [-0.2, -0.15) is 0 Å². The van der Waals surface area contributed by atoms with E-state index in [1.54, 1.807) is 12.1 Å². The van der Waals surface area contributed by atoms with Crippen LogP contribution in [0.25, 0.3) is 0 Å². The smallest absolute Gasteiger partial charge is 0.143 e. The lowest BCUT2D eigenvalue weighted by molar-refractivity contribution is -0.116. The minimum atomic E-state index is -0.260. The van der Waals surface area contributed by atoms with E-state index in [0.29, 0.717) is 12.1 Å². The van der Waals surface area contributed by atoms with Gasteiger partial charge in [-0.1, -0.05) is 15.9 Å². The molecule has 0 saturated heterocycles. The van der Waals surface area contributed by atoms with Crippen LogP contribution < -0.4 is 5.32 Å². The summed E-state index contributed by atoms with van der Waals surface area (Å²) in [6.45, 7) is 2.13. The fourth-order valence-electron chi connectivity index (χ4n) is 1.05. The van der Waals surface area contributed by atoms with Gasteiger partial charge in [-0.25, -0.2) is 4.39 Å². The molecule has 0 radical (unpaired) electrons. The highest BCUT2D eigenvalue weighted by Gasteiger charge is 2.02. The molecule has 4 heteroatoms. The Bertz CT molecular complexity index is 341. The van der Waals surface area contributed by atoms with Gasteiger partial charge in [0.25, 0.3) is 0 Å². The summed E-state index contributed by atoms with van der Waals surface area (Å²) in [7, 11) is 0. The largest absolute Gasteiger partial charge is 0.306 e. The SMILES string of the molecule is CC(=O)CNCc1cc(Br)ccc1F. The highest BCUT2D eigenvalue weighted by Crippen LogP contribution is 2.15. The third-order valence-corrected chi connectivity index (χ3v) is 2.19. The molecule has 1 aromatic carbocycles. The molecular formula is C10H11BrFNO. The zero-order valence-electron chi connectivity index (χ0n) is 7.81. The summed E-state index contributed by atoms with van der Waals surface area (Å²) in [4.78, 5) is 10.6. The molecule has 0 aliphatic heterocycles. The number of rotatable bonds is 4. The Hall–Kier alpha value is -0.740. The van der Waals surface area contributed by atoms with Crippen LogP contribution in [0.1, 0.15) is 12.5 Å². The predicted octanol–water partition coefficient (Wildman–Crippen LogP) is 2.27. The van der Waals surface area contributed by atoms with Gasteiger partial charge in [0.15, 0.2) is 0 Å². The molecule has 1 aromatic rings. The molecule has 0 aliphatic carbocycles. The number of nitrogens with one attached hydrogen (secondary N) is 1. The molecule has 0 fully saturated rings. The van der Waals surface area contributed by atoms with Gasteiger partial charge in [0.2, 0.25) is 0 Å². The van der Waals surface area contributed by atoms with Crippen molar-refractivity contribution in [2.75, 3.05) is 6.54 Å². The van der Waals surface area contributed by atoms with Crippen molar-refractivity contribution in [3.8, 4) is 0 Å². The fraction of sp³-hybridized carbons (Fsp3) is 0.300. The van der Waals surface area contributed by atoms with Crippen molar-refractivity contribution in [2.45, 2.75) is 13.5 Å². The maximum Gasteiger partial charge on any atom is 0.143 e. The van der Waals surface area contributed by atoms with Gasteiger partial charge in [-0.15, -0.1) is 0 Å². The van der Waals surface area contributed by atoms with Crippen molar-refractivity contribution in [3.05, 3.63) is 34.1 Å². The molecule has 1 rings (SSSR count). The van der Waals surface area contributed by atoms with Crippen molar-refractivity contribution >= 4 is 21.7 Å². The van der Waals surface area contributed by atoms with Gasteiger partial charge in [-0.3, -0.25) is 4.79 Å². The number of carbonyl (C=O) groups excluding carboxylic acids is 1. The highest BCUT2D eigenvalue weighted by atomic mass is 79.9. The van der Waals surface area contributed by atoms with Crippen molar-refractivity contribution in [3.63, 3.8) is 0 Å². The Balaban J connectivity index is 2.57. The first kappa shape index (κ1) is 11.3. The number of carbonyl (C=O) groups is 1. The summed E-state index contributed by atoms with van der Waals surface area (Å²) in [5.74, 6) is -0.218. The summed E-state index contributed by atoms with van der Waals surface area (Å²) in [6.07, 6.45) is 0. The van der Waals surface area contributed by atoms with E-state index in [2.05, 4.69) is 21.2 Å². The predicted molar refractivity (Wildman–Crippen MR) is 56.5 cm³/mol. The van der Waals surface area contributed by atoms with Gasteiger partial charge in [0, 0.05) is 16.6 Å². The lowest BCUT2D eigenvalue weighted by Crippen LogP contribution is -2.20. The zero-order chi connectivity index (χ0) is 10.6. The van der Waals surface area contributed by atoms with Gasteiger partial charge < -0.3 is 5.32 Å². The highest BCUT2D eigenvalue weighted by molar-refractivity contribution is 9.10. The number of benzene rings is 1. The van der Waals surface area contributed by atoms with Gasteiger partial charge in [0.1, 0.15) is 11.6 Å². The van der Waals surface area contributed by atoms with E-state index >= 15 is 0 Å². The van der Waals surface area contributed by atoms with E-state index in [0.717, 1.165) is 4.47 Å². The Morgan fingerprint density at radius 2 is 2.29 bits per heavy atom.